The zero-order chi connectivity index (χ0) is 17.7. The summed E-state index contributed by atoms with van der Waals surface area (Å²) in [4.78, 5) is 11.9. The van der Waals surface area contributed by atoms with Crippen molar-refractivity contribution in [1.29, 1.82) is 0 Å². The highest BCUT2D eigenvalue weighted by Gasteiger charge is 2.60. The molecule has 0 heterocycles. The third-order valence-electron chi connectivity index (χ3n) is 4.51. The second-order valence-electron chi connectivity index (χ2n) is 6.43. The fraction of sp³-hybridized carbons (Fsp3) is 0.316. The van der Waals surface area contributed by atoms with Gasteiger partial charge in [-0.05, 0) is 16.7 Å². The fourth-order valence-corrected chi connectivity index (χ4v) is 3.13. The van der Waals surface area contributed by atoms with Gasteiger partial charge in [0, 0.05) is 23.5 Å². The molecule has 0 aliphatic heterocycles. The average molecular weight is 334 g/mol. The van der Waals surface area contributed by atoms with E-state index in [1.54, 1.807) is 32.0 Å². The van der Waals surface area contributed by atoms with Crippen molar-refractivity contribution < 1.29 is 23.1 Å². The Morgan fingerprint density at radius 3 is 2.33 bits per heavy atom. The summed E-state index contributed by atoms with van der Waals surface area (Å²) >= 11 is 0. The normalized spacial score (nSPS) is 19.3. The molecule has 0 aromatic heterocycles. The summed E-state index contributed by atoms with van der Waals surface area (Å²) in [7, 11) is 0. The van der Waals surface area contributed by atoms with Crippen LogP contribution in [0.1, 0.15) is 30.5 Å². The van der Waals surface area contributed by atoms with Crippen LogP contribution in [0.3, 0.4) is 0 Å². The zero-order valence-electron chi connectivity index (χ0n) is 13.3. The fourth-order valence-electron chi connectivity index (χ4n) is 3.13. The number of rotatable bonds is 3. The molecule has 1 aliphatic rings. The molecule has 24 heavy (non-hydrogen) atoms. The number of Topliss-reactive ketones (excluding diaryl/α,β-unsaturated/α-hetero) is 1. The molecule has 5 heteroatoms. The number of hydrogen-bond donors (Lipinski definition) is 1. The number of hydrogen-bond acceptors (Lipinski definition) is 2. The number of halogens is 3. The number of carbonyl (C=O) groups is 1. The summed E-state index contributed by atoms with van der Waals surface area (Å²) in [5, 5.41) is 10.5. The van der Waals surface area contributed by atoms with E-state index in [2.05, 4.69) is 0 Å². The number of aliphatic hydroxyl groups is 1. The van der Waals surface area contributed by atoms with Crippen LogP contribution in [-0.4, -0.2) is 17.1 Å². The van der Waals surface area contributed by atoms with Gasteiger partial charge < -0.3 is 5.11 Å². The molecule has 0 radical (unpaired) electrons. The Labute approximate surface area is 137 Å². The largest absolute Gasteiger partial charge is 0.425 e. The lowest BCUT2D eigenvalue weighted by molar-refractivity contribution is -0.246. The molecule has 1 atom stereocenters. The molecule has 0 spiro atoms. The molecular formula is C19H17F3O2. The highest BCUT2D eigenvalue weighted by molar-refractivity contribution is 5.85. The molecule has 1 aliphatic carbocycles. The Bertz CT molecular complexity index is 808. The summed E-state index contributed by atoms with van der Waals surface area (Å²) in [5.41, 5.74) is -2.03. The first-order valence-electron chi connectivity index (χ1n) is 7.71. The number of fused-ring (bicyclic) bond motifs is 3. The monoisotopic (exact) mass is 334 g/mol. The Kier molecular flexibility index (Phi) is 3.79. The maximum atomic E-state index is 13.6. The van der Waals surface area contributed by atoms with Gasteiger partial charge >= 0.3 is 6.18 Å². The lowest BCUT2D eigenvalue weighted by Crippen LogP contribution is -2.41. The maximum Gasteiger partial charge on any atom is 0.425 e. The van der Waals surface area contributed by atoms with Crippen molar-refractivity contribution in [2.24, 2.45) is 5.92 Å². The van der Waals surface area contributed by atoms with Gasteiger partial charge in [-0.15, -0.1) is 0 Å². The minimum Gasteiger partial charge on any atom is -0.372 e. The SMILES string of the molecule is CC(C)C(=O)Cc1ccc2c(c1)-c1ccccc1C2(O)C(F)(F)F. The zero-order valence-corrected chi connectivity index (χ0v) is 13.3. The standard InChI is InChI=1S/C19H17F3O2/c1-11(2)17(23)10-12-7-8-16-14(9-12)13-5-3-4-6-15(13)18(16,24)19(20,21)22/h3-9,11,24H,10H2,1-2H3. The Hall–Kier alpha value is -2.14. The molecule has 0 saturated heterocycles. The summed E-state index contributed by atoms with van der Waals surface area (Å²) < 4.78 is 40.8. The van der Waals surface area contributed by atoms with Crippen LogP contribution in [0, 0.1) is 5.92 Å². The predicted molar refractivity (Wildman–Crippen MR) is 84.5 cm³/mol. The average Bonchev–Trinajstić information content (AvgIpc) is 2.78. The minimum atomic E-state index is -4.83. The van der Waals surface area contributed by atoms with E-state index < -0.39 is 11.8 Å². The number of alkyl halides is 3. The van der Waals surface area contributed by atoms with Crippen LogP contribution < -0.4 is 0 Å². The van der Waals surface area contributed by atoms with Crippen LogP contribution in [0.5, 0.6) is 0 Å². The minimum absolute atomic E-state index is 0.0207. The first-order valence-corrected chi connectivity index (χ1v) is 7.71. The van der Waals surface area contributed by atoms with Gasteiger partial charge in [0.05, 0.1) is 0 Å². The predicted octanol–water partition coefficient (Wildman–Crippen LogP) is 4.23. The molecule has 2 aromatic rings. The highest BCUT2D eigenvalue weighted by atomic mass is 19.4. The first kappa shape index (κ1) is 16.7. The molecule has 0 saturated carbocycles. The number of benzene rings is 2. The van der Waals surface area contributed by atoms with Crippen molar-refractivity contribution in [1.82, 2.24) is 0 Å². The molecule has 0 amide bonds. The van der Waals surface area contributed by atoms with E-state index >= 15 is 0 Å². The van der Waals surface area contributed by atoms with Crippen LogP contribution in [0.25, 0.3) is 11.1 Å². The van der Waals surface area contributed by atoms with Gasteiger partial charge in [0.25, 0.3) is 0 Å². The topological polar surface area (TPSA) is 37.3 Å². The van der Waals surface area contributed by atoms with E-state index in [4.69, 9.17) is 0 Å². The first-order chi connectivity index (χ1) is 11.2. The van der Waals surface area contributed by atoms with Crippen LogP contribution >= 0.6 is 0 Å². The summed E-state index contributed by atoms with van der Waals surface area (Å²) in [6.45, 7) is 3.57. The van der Waals surface area contributed by atoms with Gasteiger partial charge in [-0.3, -0.25) is 4.79 Å². The Balaban J connectivity index is 2.16. The van der Waals surface area contributed by atoms with Crippen molar-refractivity contribution in [3.05, 3.63) is 59.2 Å². The van der Waals surface area contributed by atoms with Crippen LogP contribution in [0.2, 0.25) is 0 Å². The van der Waals surface area contributed by atoms with Gasteiger partial charge in [-0.1, -0.05) is 56.3 Å². The number of carbonyl (C=O) groups excluding carboxylic acids is 1. The van der Waals surface area contributed by atoms with E-state index in [1.165, 1.54) is 24.3 Å². The third-order valence-corrected chi connectivity index (χ3v) is 4.51. The van der Waals surface area contributed by atoms with E-state index in [1.807, 2.05) is 0 Å². The van der Waals surface area contributed by atoms with Crippen molar-refractivity contribution >= 4 is 5.78 Å². The molecule has 2 nitrogen and oxygen atoms in total. The highest BCUT2D eigenvalue weighted by Crippen LogP contribution is 2.54. The molecular weight excluding hydrogens is 317 g/mol. The van der Waals surface area contributed by atoms with Gasteiger partial charge in [-0.2, -0.15) is 13.2 Å². The third kappa shape index (κ3) is 2.35. The molecule has 1 N–H and O–H groups in total. The second-order valence-corrected chi connectivity index (χ2v) is 6.43. The van der Waals surface area contributed by atoms with E-state index in [9.17, 15) is 23.1 Å². The van der Waals surface area contributed by atoms with E-state index in [-0.39, 0.29) is 29.2 Å². The number of ketones is 1. The Morgan fingerprint density at radius 2 is 1.71 bits per heavy atom. The molecule has 0 fully saturated rings. The van der Waals surface area contributed by atoms with Crippen molar-refractivity contribution in [2.75, 3.05) is 0 Å². The maximum absolute atomic E-state index is 13.6. The van der Waals surface area contributed by atoms with Crippen LogP contribution in [0.4, 0.5) is 13.2 Å². The lowest BCUT2D eigenvalue weighted by Gasteiger charge is -2.28. The smallest absolute Gasteiger partial charge is 0.372 e. The van der Waals surface area contributed by atoms with Crippen molar-refractivity contribution in [2.45, 2.75) is 32.0 Å². The molecule has 3 rings (SSSR count). The van der Waals surface area contributed by atoms with E-state index in [0.717, 1.165) is 0 Å². The van der Waals surface area contributed by atoms with Gasteiger partial charge in [0.1, 0.15) is 5.78 Å². The molecule has 126 valence electrons. The lowest BCUT2D eigenvalue weighted by atomic mass is 9.90. The quantitative estimate of drug-likeness (QED) is 0.912. The van der Waals surface area contributed by atoms with Crippen molar-refractivity contribution in [3.8, 4) is 11.1 Å². The summed E-state index contributed by atoms with van der Waals surface area (Å²) in [5.74, 6) is -0.120. The van der Waals surface area contributed by atoms with Crippen LogP contribution in [0.15, 0.2) is 42.5 Å². The van der Waals surface area contributed by atoms with Crippen molar-refractivity contribution in [3.63, 3.8) is 0 Å². The van der Waals surface area contributed by atoms with Crippen LogP contribution in [-0.2, 0) is 16.8 Å². The Morgan fingerprint density at radius 1 is 1.08 bits per heavy atom. The summed E-state index contributed by atoms with van der Waals surface area (Å²) in [6.07, 6.45) is -4.67. The second kappa shape index (κ2) is 5.45. The molecule has 1 unspecified atom stereocenters. The van der Waals surface area contributed by atoms with Gasteiger partial charge in [-0.25, -0.2) is 0 Å². The van der Waals surface area contributed by atoms with Gasteiger partial charge in [0.15, 0.2) is 0 Å². The molecule has 2 aromatic carbocycles. The summed E-state index contributed by atoms with van der Waals surface area (Å²) in [6, 6.07) is 10.3. The van der Waals surface area contributed by atoms with E-state index in [0.29, 0.717) is 16.7 Å². The van der Waals surface area contributed by atoms with Gasteiger partial charge in [0.2, 0.25) is 5.60 Å². The molecule has 0 bridgehead atoms.